The Morgan fingerprint density at radius 1 is 1.11 bits per heavy atom. The van der Waals surface area contributed by atoms with E-state index in [2.05, 4.69) is 50.4 Å². The fourth-order valence-corrected chi connectivity index (χ4v) is 2.47. The Hall–Kier alpha value is -1.31. The minimum atomic E-state index is 0.332. The fourth-order valence-electron chi connectivity index (χ4n) is 2.25. The van der Waals surface area contributed by atoms with E-state index in [1.54, 1.807) is 0 Å². The molecule has 0 aromatic heterocycles. The smallest absolute Gasteiger partial charge is 0.0409 e. The van der Waals surface area contributed by atoms with Gasteiger partial charge in [0.05, 0.1) is 0 Å². The molecule has 1 unspecified atom stereocenters. The largest absolute Gasteiger partial charge is 0.306 e. The van der Waals surface area contributed by atoms with Crippen molar-refractivity contribution in [2.24, 2.45) is 0 Å². The maximum Gasteiger partial charge on any atom is 0.0409 e. The first-order chi connectivity index (χ1) is 9.06. The first kappa shape index (κ1) is 14.1. The predicted octanol–water partition coefficient (Wildman–Crippen LogP) is 4.81. The third kappa shape index (κ3) is 3.82. The average Bonchev–Trinajstić information content (AvgIpc) is 2.39. The Labute approximate surface area is 120 Å². The lowest BCUT2D eigenvalue weighted by Crippen LogP contribution is -2.19. The molecule has 2 heteroatoms. The van der Waals surface area contributed by atoms with Crippen LogP contribution < -0.4 is 5.32 Å². The summed E-state index contributed by atoms with van der Waals surface area (Å²) in [4.78, 5) is 0. The van der Waals surface area contributed by atoms with E-state index < -0.39 is 0 Å². The van der Waals surface area contributed by atoms with Gasteiger partial charge >= 0.3 is 0 Å². The Balaban J connectivity index is 2.05. The Morgan fingerprint density at radius 2 is 1.89 bits per heavy atom. The second-order valence-corrected chi connectivity index (χ2v) is 5.53. The van der Waals surface area contributed by atoms with Crippen LogP contribution >= 0.6 is 11.6 Å². The lowest BCUT2D eigenvalue weighted by atomic mass is 10.00. The van der Waals surface area contributed by atoms with Crippen molar-refractivity contribution in [2.75, 3.05) is 0 Å². The molecule has 100 valence electrons. The van der Waals surface area contributed by atoms with E-state index >= 15 is 0 Å². The van der Waals surface area contributed by atoms with Gasteiger partial charge in [-0.05, 0) is 49.6 Å². The minimum Gasteiger partial charge on any atom is -0.306 e. The van der Waals surface area contributed by atoms with Crippen molar-refractivity contribution in [3.8, 4) is 0 Å². The summed E-state index contributed by atoms with van der Waals surface area (Å²) in [5, 5.41) is 4.34. The quantitative estimate of drug-likeness (QED) is 0.843. The molecule has 0 aliphatic rings. The van der Waals surface area contributed by atoms with Crippen LogP contribution in [0, 0.1) is 13.8 Å². The van der Waals surface area contributed by atoms with Crippen LogP contribution in [0.25, 0.3) is 0 Å². The van der Waals surface area contributed by atoms with Gasteiger partial charge in [-0.2, -0.15) is 0 Å². The highest BCUT2D eigenvalue weighted by atomic mass is 35.5. The highest BCUT2D eigenvalue weighted by molar-refractivity contribution is 6.30. The molecule has 0 aliphatic heterocycles. The summed E-state index contributed by atoms with van der Waals surface area (Å²) < 4.78 is 0. The lowest BCUT2D eigenvalue weighted by molar-refractivity contribution is 0.572. The molecule has 0 saturated heterocycles. The zero-order valence-corrected chi connectivity index (χ0v) is 12.5. The summed E-state index contributed by atoms with van der Waals surface area (Å²) in [5.41, 5.74) is 5.21. The molecule has 0 aliphatic carbocycles. The Kier molecular flexibility index (Phi) is 4.62. The summed E-state index contributed by atoms with van der Waals surface area (Å²) in [6.07, 6.45) is 0. The van der Waals surface area contributed by atoms with Gasteiger partial charge in [-0.15, -0.1) is 0 Å². The summed E-state index contributed by atoms with van der Waals surface area (Å²) in [5.74, 6) is 0. The molecule has 0 amide bonds. The number of hydrogen-bond acceptors (Lipinski definition) is 1. The van der Waals surface area contributed by atoms with E-state index in [0.29, 0.717) is 6.04 Å². The predicted molar refractivity (Wildman–Crippen MR) is 82.6 cm³/mol. The van der Waals surface area contributed by atoms with Gasteiger partial charge in [0, 0.05) is 17.6 Å². The van der Waals surface area contributed by atoms with E-state index in [9.17, 15) is 0 Å². The third-order valence-electron chi connectivity index (χ3n) is 3.40. The van der Waals surface area contributed by atoms with Crippen molar-refractivity contribution >= 4 is 11.6 Å². The fraction of sp³-hybridized carbons (Fsp3) is 0.294. The summed E-state index contributed by atoms with van der Waals surface area (Å²) in [7, 11) is 0. The van der Waals surface area contributed by atoms with Crippen molar-refractivity contribution in [3.05, 3.63) is 69.7 Å². The first-order valence-electron chi connectivity index (χ1n) is 6.61. The Morgan fingerprint density at radius 3 is 2.63 bits per heavy atom. The van der Waals surface area contributed by atoms with Gasteiger partial charge in [-0.3, -0.25) is 0 Å². The normalized spacial score (nSPS) is 12.4. The number of nitrogens with one attached hydrogen (secondary N) is 1. The number of benzene rings is 2. The minimum absolute atomic E-state index is 0.332. The number of aryl methyl sites for hydroxylation is 2. The van der Waals surface area contributed by atoms with Crippen LogP contribution in [0.4, 0.5) is 0 Å². The molecule has 0 saturated carbocycles. The van der Waals surface area contributed by atoms with Gasteiger partial charge in [0.1, 0.15) is 0 Å². The molecule has 1 nitrogen and oxygen atoms in total. The van der Waals surface area contributed by atoms with E-state index in [0.717, 1.165) is 11.6 Å². The molecule has 0 heterocycles. The van der Waals surface area contributed by atoms with E-state index in [-0.39, 0.29) is 0 Å². The lowest BCUT2D eigenvalue weighted by Gasteiger charge is -2.17. The van der Waals surface area contributed by atoms with Crippen LogP contribution in [0.15, 0.2) is 42.5 Å². The molecule has 1 N–H and O–H groups in total. The number of halogens is 1. The van der Waals surface area contributed by atoms with Crippen LogP contribution in [0.3, 0.4) is 0 Å². The summed E-state index contributed by atoms with van der Waals surface area (Å²) >= 11 is 6.00. The van der Waals surface area contributed by atoms with Gasteiger partial charge in [0.15, 0.2) is 0 Å². The topological polar surface area (TPSA) is 12.0 Å². The zero-order valence-electron chi connectivity index (χ0n) is 11.7. The summed E-state index contributed by atoms with van der Waals surface area (Å²) in [6.45, 7) is 7.32. The van der Waals surface area contributed by atoms with E-state index in [1.807, 2.05) is 18.2 Å². The van der Waals surface area contributed by atoms with Gasteiger partial charge in [-0.1, -0.05) is 47.5 Å². The van der Waals surface area contributed by atoms with E-state index in [1.165, 1.54) is 22.3 Å². The van der Waals surface area contributed by atoms with Gasteiger partial charge < -0.3 is 5.32 Å². The molecular weight excluding hydrogens is 254 g/mol. The molecule has 0 bridgehead atoms. The highest BCUT2D eigenvalue weighted by Gasteiger charge is 2.08. The van der Waals surface area contributed by atoms with Crippen molar-refractivity contribution in [1.82, 2.24) is 5.32 Å². The zero-order chi connectivity index (χ0) is 13.8. The van der Waals surface area contributed by atoms with Gasteiger partial charge in [-0.25, -0.2) is 0 Å². The summed E-state index contributed by atoms with van der Waals surface area (Å²) in [6, 6.07) is 14.9. The van der Waals surface area contributed by atoms with Crippen LogP contribution in [0.1, 0.15) is 35.2 Å². The van der Waals surface area contributed by atoms with E-state index in [4.69, 9.17) is 11.6 Å². The molecule has 19 heavy (non-hydrogen) atoms. The van der Waals surface area contributed by atoms with Crippen LogP contribution in [0.2, 0.25) is 5.02 Å². The second kappa shape index (κ2) is 6.23. The maximum atomic E-state index is 6.00. The first-order valence-corrected chi connectivity index (χ1v) is 6.99. The van der Waals surface area contributed by atoms with Crippen LogP contribution in [-0.4, -0.2) is 0 Å². The molecule has 2 aromatic rings. The van der Waals surface area contributed by atoms with Crippen LogP contribution in [-0.2, 0) is 6.54 Å². The van der Waals surface area contributed by atoms with Gasteiger partial charge in [0.2, 0.25) is 0 Å². The Bertz CT molecular complexity index is 563. The van der Waals surface area contributed by atoms with Gasteiger partial charge in [0.25, 0.3) is 0 Å². The molecule has 2 aromatic carbocycles. The van der Waals surface area contributed by atoms with Crippen molar-refractivity contribution in [2.45, 2.75) is 33.4 Å². The van der Waals surface area contributed by atoms with Crippen molar-refractivity contribution < 1.29 is 0 Å². The molecule has 0 fully saturated rings. The molecule has 1 atom stereocenters. The molecule has 2 rings (SSSR count). The highest BCUT2D eigenvalue weighted by Crippen LogP contribution is 2.19. The number of hydrogen-bond donors (Lipinski definition) is 1. The average molecular weight is 274 g/mol. The monoisotopic (exact) mass is 273 g/mol. The standard InChI is InChI=1S/C17H20ClN/c1-12-7-8-13(2)17(9-12)14(3)19-11-15-5-4-6-16(18)10-15/h4-10,14,19H,11H2,1-3H3. The third-order valence-corrected chi connectivity index (χ3v) is 3.64. The van der Waals surface area contributed by atoms with Crippen molar-refractivity contribution in [3.63, 3.8) is 0 Å². The molecule has 0 spiro atoms. The second-order valence-electron chi connectivity index (χ2n) is 5.09. The van der Waals surface area contributed by atoms with Crippen molar-refractivity contribution in [1.29, 1.82) is 0 Å². The maximum absolute atomic E-state index is 6.00. The molecule has 0 radical (unpaired) electrons. The molecular formula is C17H20ClN. The van der Waals surface area contributed by atoms with Crippen LogP contribution in [0.5, 0.6) is 0 Å². The SMILES string of the molecule is Cc1ccc(C)c(C(C)NCc2cccc(Cl)c2)c1. The number of rotatable bonds is 4.